The molecule has 0 aliphatic heterocycles. The van der Waals surface area contributed by atoms with E-state index in [2.05, 4.69) is 4.98 Å². The van der Waals surface area contributed by atoms with Crippen LogP contribution in [0.4, 0.5) is 14.6 Å². The number of aromatic nitrogens is 2. The van der Waals surface area contributed by atoms with E-state index in [-0.39, 0.29) is 11.6 Å². The van der Waals surface area contributed by atoms with Crippen molar-refractivity contribution in [3.05, 3.63) is 35.7 Å². The topological polar surface area (TPSA) is 43.8 Å². The first-order valence-electron chi connectivity index (χ1n) is 6.27. The monoisotopic (exact) mass is 265 g/mol. The fourth-order valence-corrected chi connectivity index (χ4v) is 2.20. The molecule has 19 heavy (non-hydrogen) atoms. The van der Waals surface area contributed by atoms with E-state index in [9.17, 15) is 8.78 Å². The summed E-state index contributed by atoms with van der Waals surface area (Å²) in [5, 5.41) is 0. The lowest BCUT2D eigenvalue weighted by Gasteiger charge is -2.12. The standard InChI is InChI=1S/C14H17F2N3/c1-4-12-18-13(14(17)19(12)8(2)3)10-7-9(15)5-6-11(10)16/h5-8H,4,17H2,1-3H3. The van der Waals surface area contributed by atoms with E-state index in [1.54, 1.807) is 0 Å². The molecule has 0 aliphatic rings. The molecule has 1 aromatic carbocycles. The highest BCUT2D eigenvalue weighted by Crippen LogP contribution is 2.31. The Hall–Kier alpha value is -1.91. The zero-order valence-corrected chi connectivity index (χ0v) is 11.2. The first-order chi connectivity index (χ1) is 8.95. The number of hydrogen-bond donors (Lipinski definition) is 1. The first-order valence-corrected chi connectivity index (χ1v) is 6.27. The second-order valence-corrected chi connectivity index (χ2v) is 4.70. The third-order valence-corrected chi connectivity index (χ3v) is 3.04. The van der Waals surface area contributed by atoms with Gasteiger partial charge in [-0.2, -0.15) is 0 Å². The summed E-state index contributed by atoms with van der Waals surface area (Å²) in [7, 11) is 0. The number of imidazole rings is 1. The summed E-state index contributed by atoms with van der Waals surface area (Å²) in [6, 6.07) is 3.41. The van der Waals surface area contributed by atoms with E-state index in [4.69, 9.17) is 5.73 Å². The number of anilines is 1. The van der Waals surface area contributed by atoms with Crippen molar-refractivity contribution >= 4 is 5.82 Å². The summed E-state index contributed by atoms with van der Waals surface area (Å²) in [5.74, 6) is 0.111. The zero-order valence-electron chi connectivity index (χ0n) is 11.2. The second kappa shape index (κ2) is 4.99. The third kappa shape index (κ3) is 2.32. The molecule has 0 saturated heterocycles. The van der Waals surface area contributed by atoms with Gasteiger partial charge in [-0.25, -0.2) is 13.8 Å². The van der Waals surface area contributed by atoms with Crippen molar-refractivity contribution in [2.45, 2.75) is 33.2 Å². The largest absolute Gasteiger partial charge is 0.383 e. The maximum Gasteiger partial charge on any atom is 0.132 e. The molecule has 0 radical (unpaired) electrons. The van der Waals surface area contributed by atoms with Crippen LogP contribution < -0.4 is 5.73 Å². The van der Waals surface area contributed by atoms with Gasteiger partial charge < -0.3 is 10.3 Å². The van der Waals surface area contributed by atoms with Gasteiger partial charge in [0.2, 0.25) is 0 Å². The lowest BCUT2D eigenvalue weighted by Crippen LogP contribution is -2.09. The number of nitrogen functional groups attached to an aromatic ring is 1. The van der Waals surface area contributed by atoms with Crippen LogP contribution in [0.15, 0.2) is 18.2 Å². The number of halogens is 2. The molecule has 0 bridgehead atoms. The van der Waals surface area contributed by atoms with Crippen molar-refractivity contribution in [3.63, 3.8) is 0 Å². The number of benzene rings is 1. The van der Waals surface area contributed by atoms with E-state index in [1.807, 2.05) is 25.3 Å². The van der Waals surface area contributed by atoms with Crippen LogP contribution in [-0.2, 0) is 6.42 Å². The predicted octanol–water partition coefficient (Wildman–Crippen LogP) is 3.55. The van der Waals surface area contributed by atoms with Gasteiger partial charge in [-0.3, -0.25) is 0 Å². The fourth-order valence-electron chi connectivity index (χ4n) is 2.20. The van der Waals surface area contributed by atoms with Gasteiger partial charge in [-0.05, 0) is 32.0 Å². The normalized spacial score (nSPS) is 11.3. The lowest BCUT2D eigenvalue weighted by molar-refractivity contribution is 0.579. The van der Waals surface area contributed by atoms with Gasteiger partial charge >= 0.3 is 0 Å². The van der Waals surface area contributed by atoms with Crippen LogP contribution in [0.5, 0.6) is 0 Å². The Morgan fingerprint density at radius 2 is 2.00 bits per heavy atom. The van der Waals surface area contributed by atoms with E-state index in [0.717, 1.165) is 24.0 Å². The Balaban J connectivity index is 2.66. The SMILES string of the molecule is CCc1nc(-c2cc(F)ccc2F)c(N)n1C(C)C. The second-order valence-electron chi connectivity index (χ2n) is 4.70. The van der Waals surface area contributed by atoms with Crippen LogP contribution in [0.25, 0.3) is 11.3 Å². The van der Waals surface area contributed by atoms with Crippen molar-refractivity contribution in [1.29, 1.82) is 0 Å². The molecule has 5 heteroatoms. The number of rotatable bonds is 3. The molecular formula is C14H17F2N3. The molecule has 0 saturated carbocycles. The number of aryl methyl sites for hydroxylation is 1. The first kappa shape index (κ1) is 13.5. The Kier molecular flexibility index (Phi) is 3.55. The number of nitrogens with zero attached hydrogens (tertiary/aromatic N) is 2. The summed E-state index contributed by atoms with van der Waals surface area (Å²) in [6.45, 7) is 5.90. The molecule has 102 valence electrons. The minimum atomic E-state index is -0.524. The number of nitrogens with two attached hydrogens (primary N) is 1. The molecule has 0 aliphatic carbocycles. The summed E-state index contributed by atoms with van der Waals surface area (Å²) in [4.78, 5) is 4.35. The molecule has 0 amide bonds. The van der Waals surface area contributed by atoms with Gasteiger partial charge in [-0.1, -0.05) is 6.92 Å². The van der Waals surface area contributed by atoms with E-state index >= 15 is 0 Å². The van der Waals surface area contributed by atoms with Crippen molar-refractivity contribution in [3.8, 4) is 11.3 Å². The Labute approximate surface area is 111 Å². The van der Waals surface area contributed by atoms with Gasteiger partial charge in [0.25, 0.3) is 0 Å². The highest BCUT2D eigenvalue weighted by atomic mass is 19.1. The Bertz CT molecular complexity index is 603. The molecule has 1 heterocycles. The van der Waals surface area contributed by atoms with Gasteiger partial charge in [0.1, 0.15) is 29.0 Å². The molecule has 1 aromatic heterocycles. The molecule has 2 rings (SSSR count). The Morgan fingerprint density at radius 3 is 2.53 bits per heavy atom. The van der Waals surface area contributed by atoms with Gasteiger partial charge in [0.05, 0.1) is 0 Å². The highest BCUT2D eigenvalue weighted by molar-refractivity contribution is 5.71. The quantitative estimate of drug-likeness (QED) is 0.922. The molecular weight excluding hydrogens is 248 g/mol. The van der Waals surface area contributed by atoms with Crippen LogP contribution in [0.3, 0.4) is 0 Å². The van der Waals surface area contributed by atoms with Gasteiger partial charge in [0.15, 0.2) is 0 Å². The van der Waals surface area contributed by atoms with Crippen LogP contribution in [0, 0.1) is 11.6 Å². The average molecular weight is 265 g/mol. The van der Waals surface area contributed by atoms with Gasteiger partial charge in [-0.15, -0.1) is 0 Å². The summed E-state index contributed by atoms with van der Waals surface area (Å²) >= 11 is 0. The minimum Gasteiger partial charge on any atom is -0.383 e. The van der Waals surface area contributed by atoms with Crippen molar-refractivity contribution < 1.29 is 8.78 Å². The number of hydrogen-bond acceptors (Lipinski definition) is 2. The average Bonchev–Trinajstić information content (AvgIpc) is 2.69. The minimum absolute atomic E-state index is 0.103. The van der Waals surface area contributed by atoms with E-state index < -0.39 is 11.6 Å². The van der Waals surface area contributed by atoms with Crippen LogP contribution in [0.2, 0.25) is 0 Å². The summed E-state index contributed by atoms with van der Waals surface area (Å²) in [5.41, 5.74) is 6.45. The molecule has 0 atom stereocenters. The van der Waals surface area contributed by atoms with E-state index in [0.29, 0.717) is 17.9 Å². The fraction of sp³-hybridized carbons (Fsp3) is 0.357. The summed E-state index contributed by atoms with van der Waals surface area (Å²) in [6.07, 6.45) is 0.680. The zero-order chi connectivity index (χ0) is 14.2. The summed E-state index contributed by atoms with van der Waals surface area (Å²) < 4.78 is 28.9. The van der Waals surface area contributed by atoms with Crippen molar-refractivity contribution in [2.24, 2.45) is 0 Å². The predicted molar refractivity (Wildman–Crippen MR) is 71.8 cm³/mol. The molecule has 0 unspecified atom stereocenters. The highest BCUT2D eigenvalue weighted by Gasteiger charge is 2.19. The van der Waals surface area contributed by atoms with Crippen molar-refractivity contribution in [1.82, 2.24) is 9.55 Å². The van der Waals surface area contributed by atoms with Crippen LogP contribution in [0.1, 0.15) is 32.6 Å². The molecule has 3 nitrogen and oxygen atoms in total. The van der Waals surface area contributed by atoms with Crippen LogP contribution >= 0.6 is 0 Å². The Morgan fingerprint density at radius 1 is 1.32 bits per heavy atom. The van der Waals surface area contributed by atoms with Gasteiger partial charge in [0, 0.05) is 18.0 Å². The molecule has 0 spiro atoms. The molecule has 2 aromatic rings. The van der Waals surface area contributed by atoms with Crippen molar-refractivity contribution in [2.75, 3.05) is 5.73 Å². The smallest absolute Gasteiger partial charge is 0.132 e. The maximum absolute atomic E-state index is 13.8. The van der Waals surface area contributed by atoms with Crippen LogP contribution in [-0.4, -0.2) is 9.55 Å². The third-order valence-electron chi connectivity index (χ3n) is 3.04. The lowest BCUT2D eigenvalue weighted by atomic mass is 10.1. The van der Waals surface area contributed by atoms with E-state index in [1.165, 1.54) is 0 Å². The molecule has 2 N–H and O–H groups in total. The maximum atomic E-state index is 13.8. The molecule has 0 fully saturated rings.